The Bertz CT molecular complexity index is 1120. The van der Waals surface area contributed by atoms with E-state index in [-0.39, 0.29) is 18.5 Å². The lowest BCUT2D eigenvalue weighted by atomic mass is 10.0. The van der Waals surface area contributed by atoms with E-state index in [1.807, 2.05) is 40.4 Å². The average Bonchev–Trinajstić information content (AvgIpc) is 3.36. The van der Waals surface area contributed by atoms with E-state index in [2.05, 4.69) is 45.7 Å². The van der Waals surface area contributed by atoms with Crippen molar-refractivity contribution in [1.82, 2.24) is 24.6 Å². The molecule has 3 N–H and O–H groups in total. The van der Waals surface area contributed by atoms with Gasteiger partial charge in [0.2, 0.25) is 5.91 Å². The second-order valence-electron chi connectivity index (χ2n) is 7.42. The topological polar surface area (TPSA) is 90.8 Å². The van der Waals surface area contributed by atoms with Gasteiger partial charge in [0.1, 0.15) is 19.2 Å². The van der Waals surface area contributed by atoms with Crippen LogP contribution >= 0.6 is 0 Å². The van der Waals surface area contributed by atoms with E-state index in [0.717, 1.165) is 29.6 Å². The van der Waals surface area contributed by atoms with Gasteiger partial charge < -0.3 is 15.6 Å². The molecule has 0 aliphatic heterocycles. The number of amides is 1. The van der Waals surface area contributed by atoms with Gasteiger partial charge in [-0.2, -0.15) is 5.10 Å². The monoisotopic (exact) mass is 402 g/mol. The van der Waals surface area contributed by atoms with Gasteiger partial charge in [0.05, 0.1) is 0 Å². The molecule has 0 spiro atoms. The number of hydrogen-bond donors (Lipinski definition) is 2. The third kappa shape index (κ3) is 4.26. The van der Waals surface area contributed by atoms with Gasteiger partial charge in [-0.1, -0.05) is 48.5 Å². The van der Waals surface area contributed by atoms with Crippen LogP contribution in [0.3, 0.4) is 0 Å². The number of nitrogens with zero attached hydrogens (tertiary/aromatic N) is 4. The summed E-state index contributed by atoms with van der Waals surface area (Å²) in [5.41, 5.74) is 10.0. The van der Waals surface area contributed by atoms with Gasteiger partial charge in [-0.15, -0.1) is 0 Å². The number of nitrogens with one attached hydrogen (secondary N) is 1. The van der Waals surface area contributed by atoms with Gasteiger partial charge in [0, 0.05) is 35.7 Å². The molecule has 0 fully saturated rings. The lowest BCUT2D eigenvalue weighted by Crippen LogP contribution is -2.23. The standard InChI is InChI=1S/C23H26N6O/c1-17-20(19-9-5-6-10-22(19)29(17)14-23(24)30)13-26-21(18-7-3-2-4-8-18)11-12-28-16-25-15-27-28/h2-10,15-16,21,26H,11-14H2,1H3,(H2,24,30). The van der Waals surface area contributed by atoms with Crippen molar-refractivity contribution >= 4 is 16.8 Å². The van der Waals surface area contributed by atoms with Gasteiger partial charge in [0.25, 0.3) is 0 Å². The molecule has 2 heterocycles. The first-order valence-corrected chi connectivity index (χ1v) is 10.1. The van der Waals surface area contributed by atoms with E-state index >= 15 is 0 Å². The van der Waals surface area contributed by atoms with E-state index in [9.17, 15) is 4.79 Å². The van der Waals surface area contributed by atoms with Crippen LogP contribution in [0.1, 0.15) is 29.3 Å². The van der Waals surface area contributed by atoms with Crippen LogP contribution in [0.5, 0.6) is 0 Å². The zero-order valence-corrected chi connectivity index (χ0v) is 17.0. The SMILES string of the molecule is Cc1c(CNC(CCn2cncn2)c2ccccc2)c2ccccc2n1CC(N)=O. The van der Waals surface area contributed by atoms with Crippen molar-refractivity contribution < 1.29 is 4.79 Å². The van der Waals surface area contributed by atoms with Gasteiger partial charge in [-0.3, -0.25) is 9.48 Å². The molecule has 154 valence electrons. The summed E-state index contributed by atoms with van der Waals surface area (Å²) >= 11 is 0. The molecule has 0 saturated heterocycles. The van der Waals surface area contributed by atoms with Crippen molar-refractivity contribution in [2.75, 3.05) is 0 Å². The summed E-state index contributed by atoms with van der Waals surface area (Å²) in [5.74, 6) is -0.339. The normalized spacial score (nSPS) is 12.3. The molecule has 0 aliphatic carbocycles. The smallest absolute Gasteiger partial charge is 0.237 e. The van der Waals surface area contributed by atoms with Crippen molar-refractivity contribution in [3.63, 3.8) is 0 Å². The minimum absolute atomic E-state index is 0.160. The van der Waals surface area contributed by atoms with Crippen LogP contribution in [-0.2, 0) is 24.4 Å². The molecule has 0 bridgehead atoms. The molecule has 4 rings (SSSR count). The number of carbonyl (C=O) groups is 1. The first-order valence-electron chi connectivity index (χ1n) is 10.1. The second kappa shape index (κ2) is 8.92. The molecule has 2 aromatic heterocycles. The Balaban J connectivity index is 1.59. The third-order valence-corrected chi connectivity index (χ3v) is 5.52. The fraction of sp³-hybridized carbons (Fsp3) is 0.261. The van der Waals surface area contributed by atoms with Crippen molar-refractivity contribution in [2.24, 2.45) is 5.73 Å². The highest BCUT2D eigenvalue weighted by atomic mass is 16.1. The number of carbonyl (C=O) groups excluding carboxylic acids is 1. The zero-order valence-electron chi connectivity index (χ0n) is 17.0. The Kier molecular flexibility index (Phi) is 5.90. The molecule has 0 radical (unpaired) electrons. The number of aryl methyl sites for hydroxylation is 1. The van der Waals surface area contributed by atoms with Crippen LogP contribution in [0.2, 0.25) is 0 Å². The van der Waals surface area contributed by atoms with Gasteiger partial charge in [0.15, 0.2) is 0 Å². The molecular weight excluding hydrogens is 376 g/mol. The van der Waals surface area contributed by atoms with Gasteiger partial charge >= 0.3 is 0 Å². The zero-order chi connectivity index (χ0) is 20.9. The van der Waals surface area contributed by atoms with Gasteiger partial charge in [-0.25, -0.2) is 4.98 Å². The minimum Gasteiger partial charge on any atom is -0.368 e. The Labute approximate surface area is 175 Å². The summed E-state index contributed by atoms with van der Waals surface area (Å²) < 4.78 is 3.85. The number of aromatic nitrogens is 4. The largest absolute Gasteiger partial charge is 0.368 e. The molecular formula is C23H26N6O. The number of benzene rings is 2. The van der Waals surface area contributed by atoms with Crippen LogP contribution < -0.4 is 11.1 Å². The number of primary amides is 1. The molecule has 7 nitrogen and oxygen atoms in total. The summed E-state index contributed by atoms with van der Waals surface area (Å²) in [6.45, 7) is 3.69. The molecule has 30 heavy (non-hydrogen) atoms. The minimum atomic E-state index is -0.339. The van der Waals surface area contributed by atoms with E-state index in [1.54, 1.807) is 12.7 Å². The van der Waals surface area contributed by atoms with Crippen LogP contribution in [0, 0.1) is 6.92 Å². The number of nitrogens with two attached hydrogens (primary N) is 1. The maximum atomic E-state index is 11.6. The molecule has 0 aliphatic rings. The Morgan fingerprint density at radius 1 is 1.13 bits per heavy atom. The highest BCUT2D eigenvalue weighted by Crippen LogP contribution is 2.27. The van der Waals surface area contributed by atoms with Gasteiger partial charge in [-0.05, 0) is 30.5 Å². The molecule has 1 amide bonds. The fourth-order valence-corrected chi connectivity index (χ4v) is 3.99. The van der Waals surface area contributed by atoms with Crippen LogP contribution in [-0.4, -0.2) is 25.2 Å². The third-order valence-electron chi connectivity index (χ3n) is 5.52. The van der Waals surface area contributed by atoms with Crippen LogP contribution in [0.15, 0.2) is 67.3 Å². The molecule has 2 aromatic carbocycles. The molecule has 0 saturated carbocycles. The lowest BCUT2D eigenvalue weighted by molar-refractivity contribution is -0.118. The first-order chi connectivity index (χ1) is 14.6. The highest BCUT2D eigenvalue weighted by Gasteiger charge is 2.17. The predicted octanol–water partition coefficient (Wildman–Crippen LogP) is 2.95. The molecule has 1 atom stereocenters. The van der Waals surface area contributed by atoms with Crippen molar-refractivity contribution in [2.45, 2.75) is 39.0 Å². The van der Waals surface area contributed by atoms with E-state index in [4.69, 9.17) is 5.73 Å². The van der Waals surface area contributed by atoms with Crippen molar-refractivity contribution in [1.29, 1.82) is 0 Å². The molecule has 7 heteroatoms. The first kappa shape index (κ1) is 19.8. The van der Waals surface area contributed by atoms with Crippen molar-refractivity contribution in [3.8, 4) is 0 Å². The van der Waals surface area contributed by atoms with Crippen LogP contribution in [0.25, 0.3) is 10.9 Å². The summed E-state index contributed by atoms with van der Waals surface area (Å²) in [5, 5.41) is 9.09. The van der Waals surface area contributed by atoms with E-state index < -0.39 is 0 Å². The molecule has 4 aromatic rings. The second-order valence-corrected chi connectivity index (χ2v) is 7.42. The molecule has 1 unspecified atom stereocenters. The number of rotatable bonds is 9. The lowest BCUT2D eigenvalue weighted by Gasteiger charge is -2.20. The van der Waals surface area contributed by atoms with Crippen LogP contribution in [0.4, 0.5) is 0 Å². The number of hydrogen-bond acceptors (Lipinski definition) is 4. The Hall–Kier alpha value is -3.45. The predicted molar refractivity (Wildman–Crippen MR) is 117 cm³/mol. The summed E-state index contributed by atoms with van der Waals surface area (Å²) in [4.78, 5) is 15.6. The van der Waals surface area contributed by atoms with Crippen molar-refractivity contribution in [3.05, 3.63) is 84.1 Å². The summed E-state index contributed by atoms with van der Waals surface area (Å²) in [6.07, 6.45) is 4.18. The Morgan fingerprint density at radius 2 is 1.90 bits per heavy atom. The fourth-order valence-electron chi connectivity index (χ4n) is 3.99. The van der Waals surface area contributed by atoms with E-state index in [1.165, 1.54) is 11.1 Å². The Morgan fingerprint density at radius 3 is 2.63 bits per heavy atom. The average molecular weight is 403 g/mol. The maximum Gasteiger partial charge on any atom is 0.237 e. The van der Waals surface area contributed by atoms with E-state index in [0.29, 0.717) is 6.54 Å². The highest BCUT2D eigenvalue weighted by molar-refractivity contribution is 5.87. The summed E-state index contributed by atoms with van der Waals surface area (Å²) in [7, 11) is 0. The quantitative estimate of drug-likeness (QED) is 0.450. The number of fused-ring (bicyclic) bond motifs is 1. The maximum absolute atomic E-state index is 11.6. The summed E-state index contributed by atoms with van der Waals surface area (Å²) in [6, 6.07) is 18.7. The number of para-hydroxylation sites is 1.